The quantitative estimate of drug-likeness (QED) is 0.700. The molecule has 1 atom stereocenters. The van der Waals surface area contributed by atoms with E-state index >= 15 is 0 Å². The van der Waals surface area contributed by atoms with Crippen molar-refractivity contribution >= 4 is 22.9 Å². The third-order valence-electron chi connectivity index (χ3n) is 3.13. The van der Waals surface area contributed by atoms with E-state index in [9.17, 15) is 9.59 Å². The number of carbonyl (C=O) groups excluding carboxylic acids is 2. The molecule has 1 fully saturated rings. The molecule has 1 unspecified atom stereocenters. The molecule has 2 amide bonds. The molecule has 1 saturated heterocycles. The summed E-state index contributed by atoms with van der Waals surface area (Å²) in [5.41, 5.74) is 0. The molecule has 27 heavy (non-hydrogen) atoms. The summed E-state index contributed by atoms with van der Waals surface area (Å²) in [6.07, 6.45) is 0. The summed E-state index contributed by atoms with van der Waals surface area (Å²) in [5, 5.41) is 2.04. The highest BCUT2D eigenvalue weighted by Crippen LogP contribution is 2.37. The lowest BCUT2D eigenvalue weighted by atomic mass is 9.96. The normalized spacial score (nSPS) is 17.2. The highest BCUT2D eigenvalue weighted by atomic mass is 32.2. The lowest BCUT2D eigenvalue weighted by molar-refractivity contribution is -0.122. The summed E-state index contributed by atoms with van der Waals surface area (Å²) in [7, 11) is 5.60. The molecule has 6 heteroatoms. The molecule has 1 aliphatic rings. The van der Waals surface area contributed by atoms with Gasteiger partial charge in [-0.3, -0.25) is 19.8 Å². The number of ether oxygens (including phenoxy) is 1. The highest BCUT2D eigenvalue weighted by molar-refractivity contribution is 8.16. The molecule has 158 valence electrons. The van der Waals surface area contributed by atoms with Crippen molar-refractivity contribution in [1.29, 1.82) is 0 Å². The fourth-order valence-corrected chi connectivity index (χ4v) is 2.41. The third kappa shape index (κ3) is 15.4. The lowest BCUT2D eigenvalue weighted by Gasteiger charge is -2.22. The van der Waals surface area contributed by atoms with Gasteiger partial charge in [-0.05, 0) is 38.7 Å². The van der Waals surface area contributed by atoms with Crippen molar-refractivity contribution in [3.8, 4) is 0 Å². The molecule has 1 heterocycles. The summed E-state index contributed by atoms with van der Waals surface area (Å²) < 4.78 is 4.17. The maximum absolute atomic E-state index is 11.2. The van der Waals surface area contributed by atoms with Gasteiger partial charge in [0.2, 0.25) is 5.91 Å². The van der Waals surface area contributed by atoms with E-state index < -0.39 is 4.75 Å². The van der Waals surface area contributed by atoms with Gasteiger partial charge in [-0.25, -0.2) is 0 Å². The maximum atomic E-state index is 11.2. The fraction of sp³-hybridized carbons (Fsp3) is 0.619. The van der Waals surface area contributed by atoms with Gasteiger partial charge in [-0.15, -0.1) is 0 Å². The second-order valence-corrected chi connectivity index (χ2v) is 7.18. The zero-order valence-electron chi connectivity index (χ0n) is 18.8. The number of rotatable bonds is 3. The summed E-state index contributed by atoms with van der Waals surface area (Å²) in [6, 6.07) is 12.0. The Hall–Kier alpha value is -1.37. The van der Waals surface area contributed by atoms with Crippen molar-refractivity contribution in [2.75, 3.05) is 27.9 Å². The summed E-state index contributed by atoms with van der Waals surface area (Å²) in [6.45, 7) is 14.4. The Morgan fingerprint density at radius 2 is 1.37 bits per heavy atom. The van der Waals surface area contributed by atoms with E-state index in [0.29, 0.717) is 6.73 Å². The van der Waals surface area contributed by atoms with Crippen LogP contribution in [-0.2, 0) is 9.53 Å². The molecule has 1 N–H and O–H groups in total. The van der Waals surface area contributed by atoms with Gasteiger partial charge in [0.15, 0.2) is 0 Å². The van der Waals surface area contributed by atoms with Crippen LogP contribution in [0, 0.1) is 5.92 Å². The van der Waals surface area contributed by atoms with E-state index in [1.807, 2.05) is 96.9 Å². The van der Waals surface area contributed by atoms with Gasteiger partial charge in [-0.1, -0.05) is 77.9 Å². The van der Waals surface area contributed by atoms with E-state index in [1.54, 1.807) is 14.0 Å². The molecule has 1 aromatic rings. The molecule has 0 aromatic heterocycles. The number of benzene rings is 1. The van der Waals surface area contributed by atoms with Crippen LogP contribution in [0.25, 0.3) is 0 Å². The zero-order valence-corrected chi connectivity index (χ0v) is 19.6. The third-order valence-corrected chi connectivity index (χ3v) is 4.50. The van der Waals surface area contributed by atoms with Gasteiger partial charge in [0.05, 0.1) is 6.73 Å². The smallest absolute Gasteiger partial charge is 0.286 e. The number of amides is 2. The Labute approximate surface area is 171 Å². The first-order valence-electron chi connectivity index (χ1n) is 9.42. The molecule has 0 bridgehead atoms. The first-order valence-corrected chi connectivity index (χ1v) is 10.2. The van der Waals surface area contributed by atoms with Crippen LogP contribution in [0.3, 0.4) is 0 Å². The van der Waals surface area contributed by atoms with E-state index in [-0.39, 0.29) is 17.1 Å². The van der Waals surface area contributed by atoms with Gasteiger partial charge < -0.3 is 4.74 Å². The Morgan fingerprint density at radius 3 is 1.48 bits per heavy atom. The molecule has 0 aliphatic carbocycles. The second kappa shape index (κ2) is 19.4. The minimum atomic E-state index is -0.558. The van der Waals surface area contributed by atoms with Crippen LogP contribution in [0.4, 0.5) is 4.79 Å². The van der Waals surface area contributed by atoms with Gasteiger partial charge in [-0.2, -0.15) is 0 Å². The number of imide groups is 1. The number of nitrogens with one attached hydrogen (secondary N) is 1. The molecule has 0 radical (unpaired) electrons. The Balaban J connectivity index is -0.000000310. The second-order valence-electron chi connectivity index (χ2n) is 5.76. The van der Waals surface area contributed by atoms with Crippen molar-refractivity contribution in [2.24, 2.45) is 5.92 Å². The molecule has 0 spiro atoms. The van der Waals surface area contributed by atoms with Crippen LogP contribution in [0.5, 0.6) is 0 Å². The zero-order chi connectivity index (χ0) is 21.9. The Bertz CT molecular complexity index is 441. The summed E-state index contributed by atoms with van der Waals surface area (Å²) >= 11 is 1.08. The Morgan fingerprint density at radius 1 is 1.00 bits per heavy atom. The van der Waals surface area contributed by atoms with Crippen LogP contribution in [0.2, 0.25) is 0 Å². The van der Waals surface area contributed by atoms with Crippen molar-refractivity contribution in [1.82, 2.24) is 10.2 Å². The first-order chi connectivity index (χ1) is 12.7. The minimum Gasteiger partial charge on any atom is -0.369 e. The molecule has 2 rings (SSSR count). The van der Waals surface area contributed by atoms with Crippen LogP contribution in [0.15, 0.2) is 36.4 Å². The fourth-order valence-electron chi connectivity index (χ4n) is 1.50. The predicted molar refractivity (Wildman–Crippen MR) is 119 cm³/mol. The van der Waals surface area contributed by atoms with Gasteiger partial charge in [0.25, 0.3) is 5.24 Å². The molecule has 1 aromatic carbocycles. The van der Waals surface area contributed by atoms with Crippen LogP contribution in [0.1, 0.15) is 48.5 Å². The lowest BCUT2D eigenvalue weighted by Crippen LogP contribution is -2.38. The number of hydrogen-bond acceptors (Lipinski definition) is 5. The van der Waals surface area contributed by atoms with Crippen molar-refractivity contribution in [3.63, 3.8) is 0 Å². The predicted octanol–water partition coefficient (Wildman–Crippen LogP) is 5.28. The topological polar surface area (TPSA) is 58.6 Å². The van der Waals surface area contributed by atoms with Gasteiger partial charge in [0.1, 0.15) is 4.75 Å². The molecular weight excluding hydrogens is 360 g/mol. The van der Waals surface area contributed by atoms with E-state index in [4.69, 9.17) is 4.74 Å². The number of thioether (sulfide) groups is 1. The average Bonchev–Trinajstić information content (AvgIpc) is 2.94. The molecular formula is C21H40N2O3S. The maximum Gasteiger partial charge on any atom is 0.286 e. The minimum absolute atomic E-state index is 0.164. The summed E-state index contributed by atoms with van der Waals surface area (Å²) in [5.74, 6) is 0.0152. The monoisotopic (exact) mass is 400 g/mol. The number of carbonyl (C=O) groups is 2. The SMILES string of the molecule is CC.CC.CC(C)C1(C)SC(=O)NC1=O.COCN(C)C.c1ccccc1. The molecule has 0 saturated carbocycles. The number of methoxy groups -OCH3 is 1. The van der Waals surface area contributed by atoms with Crippen molar-refractivity contribution in [3.05, 3.63) is 36.4 Å². The molecule has 5 nitrogen and oxygen atoms in total. The number of nitrogens with zero attached hydrogens (tertiary/aromatic N) is 1. The van der Waals surface area contributed by atoms with Crippen LogP contribution in [-0.4, -0.2) is 48.7 Å². The standard InChI is InChI=1S/C7H11NO2S.C6H6.C4H11NO.2C2H6/c1-4(2)7(3)5(9)8-6(10)11-7;1-2-4-6-5-3-1;1-5(2)4-6-3;2*1-2/h4H,1-3H3,(H,8,9,10);1-6H;4H2,1-3H3;2*1-2H3. The molecule has 1 aliphatic heterocycles. The van der Waals surface area contributed by atoms with E-state index in [2.05, 4.69) is 5.32 Å². The van der Waals surface area contributed by atoms with Crippen LogP contribution < -0.4 is 5.32 Å². The summed E-state index contributed by atoms with van der Waals surface area (Å²) in [4.78, 5) is 24.0. The average molecular weight is 401 g/mol. The Kier molecular flexibility index (Phi) is 21.8. The highest BCUT2D eigenvalue weighted by Gasteiger charge is 2.45. The van der Waals surface area contributed by atoms with Gasteiger partial charge in [0, 0.05) is 7.11 Å². The van der Waals surface area contributed by atoms with Crippen molar-refractivity contribution < 1.29 is 14.3 Å². The van der Waals surface area contributed by atoms with Gasteiger partial charge >= 0.3 is 0 Å². The number of hydrogen-bond donors (Lipinski definition) is 1. The largest absolute Gasteiger partial charge is 0.369 e. The van der Waals surface area contributed by atoms with Crippen LogP contribution >= 0.6 is 11.8 Å². The van der Waals surface area contributed by atoms with Crippen molar-refractivity contribution in [2.45, 2.75) is 53.2 Å². The van der Waals surface area contributed by atoms with E-state index in [1.165, 1.54) is 0 Å². The van der Waals surface area contributed by atoms with E-state index in [0.717, 1.165) is 11.8 Å². The first kappa shape index (κ1) is 30.4.